The third-order valence-corrected chi connectivity index (χ3v) is 1.31. The molecule has 3 N–H and O–H groups in total. The highest BCUT2D eigenvalue weighted by atomic mass is 16.6. The first-order chi connectivity index (χ1) is 5.70. The highest BCUT2D eigenvalue weighted by Crippen LogP contribution is 1.87. The van der Waals surface area contributed by atoms with Crippen molar-refractivity contribution in [3.05, 3.63) is 30.3 Å². The quantitative estimate of drug-likeness (QED) is 0.578. The van der Waals surface area contributed by atoms with Crippen LogP contribution in [0.5, 0.6) is 0 Å². The Kier molecular flexibility index (Phi) is 2.71. The summed E-state index contributed by atoms with van der Waals surface area (Å²) >= 11 is 0. The Morgan fingerprint density at radius 3 is 2.50 bits per heavy atom. The van der Waals surface area contributed by atoms with Crippen LogP contribution in [0.1, 0.15) is 0 Å². The second kappa shape index (κ2) is 3.78. The van der Waals surface area contributed by atoms with Gasteiger partial charge >= 0.3 is 13.2 Å². The Morgan fingerprint density at radius 2 is 2.00 bits per heavy atom. The standard InChI is InChI=1S/C7H8BNO3/c9-7(10)12-8(11)6-4-2-1-3-5-6/h1-5,11H,(H2,9,10). The summed E-state index contributed by atoms with van der Waals surface area (Å²) in [5.74, 6) is 0. The van der Waals surface area contributed by atoms with Crippen molar-refractivity contribution >= 4 is 18.7 Å². The first kappa shape index (κ1) is 8.61. The molecule has 4 nitrogen and oxygen atoms in total. The second-order valence-corrected chi connectivity index (χ2v) is 2.20. The van der Waals surface area contributed by atoms with Crippen molar-refractivity contribution in [2.45, 2.75) is 0 Å². The number of hydrogen-bond donors (Lipinski definition) is 2. The predicted octanol–water partition coefficient (Wildman–Crippen LogP) is -0.531. The van der Waals surface area contributed by atoms with Crippen molar-refractivity contribution in [3.63, 3.8) is 0 Å². The molecule has 0 aliphatic rings. The summed E-state index contributed by atoms with van der Waals surface area (Å²) in [6.07, 6.45) is -0.994. The number of hydrogen-bond acceptors (Lipinski definition) is 3. The molecule has 12 heavy (non-hydrogen) atoms. The van der Waals surface area contributed by atoms with Crippen molar-refractivity contribution in [1.29, 1.82) is 0 Å². The largest absolute Gasteiger partial charge is 0.563 e. The van der Waals surface area contributed by atoms with E-state index in [9.17, 15) is 4.79 Å². The van der Waals surface area contributed by atoms with Gasteiger partial charge in [0.15, 0.2) is 0 Å². The minimum absolute atomic E-state index is 0.497. The molecule has 0 saturated carbocycles. The molecule has 0 atom stereocenters. The second-order valence-electron chi connectivity index (χ2n) is 2.20. The monoisotopic (exact) mass is 165 g/mol. The molecule has 0 aliphatic carbocycles. The summed E-state index contributed by atoms with van der Waals surface area (Å²) in [7, 11) is -1.27. The molecule has 1 aromatic carbocycles. The summed E-state index contributed by atoms with van der Waals surface area (Å²) in [6, 6.07) is 8.51. The maximum Gasteiger partial charge on any atom is 0.563 e. The fraction of sp³-hybridized carbons (Fsp3) is 0. The van der Waals surface area contributed by atoms with Crippen molar-refractivity contribution in [2.24, 2.45) is 5.73 Å². The number of carbonyl (C=O) groups excluding carboxylic acids is 1. The minimum Gasteiger partial charge on any atom is -0.489 e. The van der Waals surface area contributed by atoms with Crippen LogP contribution in [-0.2, 0) is 4.65 Å². The van der Waals surface area contributed by atoms with Gasteiger partial charge in [0.05, 0.1) is 0 Å². The van der Waals surface area contributed by atoms with Crippen LogP contribution in [0, 0.1) is 0 Å². The summed E-state index contributed by atoms with van der Waals surface area (Å²) in [5.41, 5.74) is 5.21. The molecule has 1 rings (SSSR count). The lowest BCUT2D eigenvalue weighted by Crippen LogP contribution is -2.37. The zero-order valence-corrected chi connectivity index (χ0v) is 6.31. The van der Waals surface area contributed by atoms with Gasteiger partial charge in [0.25, 0.3) is 0 Å². The normalized spacial score (nSPS) is 9.08. The number of nitrogens with two attached hydrogens (primary N) is 1. The van der Waals surface area contributed by atoms with Gasteiger partial charge in [-0.2, -0.15) is 0 Å². The molecule has 62 valence electrons. The predicted molar refractivity (Wildman–Crippen MR) is 44.7 cm³/mol. The lowest BCUT2D eigenvalue weighted by molar-refractivity contribution is 0.203. The van der Waals surface area contributed by atoms with Crippen LogP contribution in [0.25, 0.3) is 0 Å². The molecule has 0 radical (unpaired) electrons. The fourth-order valence-corrected chi connectivity index (χ4v) is 0.796. The lowest BCUT2D eigenvalue weighted by Gasteiger charge is -2.04. The van der Waals surface area contributed by atoms with E-state index in [2.05, 4.69) is 4.65 Å². The summed E-state index contributed by atoms with van der Waals surface area (Å²) in [4.78, 5) is 10.2. The SMILES string of the molecule is NC(=O)OB(O)c1ccccc1. The van der Waals surface area contributed by atoms with Crippen LogP contribution in [0.2, 0.25) is 0 Å². The van der Waals surface area contributed by atoms with Crippen LogP contribution < -0.4 is 11.2 Å². The van der Waals surface area contributed by atoms with Gasteiger partial charge in [0, 0.05) is 0 Å². The molecule has 5 heteroatoms. The Morgan fingerprint density at radius 1 is 1.42 bits per heavy atom. The molecule has 0 fully saturated rings. The molecule has 0 spiro atoms. The van der Waals surface area contributed by atoms with Gasteiger partial charge in [-0.05, 0) is 5.46 Å². The zero-order chi connectivity index (χ0) is 8.97. The van der Waals surface area contributed by atoms with E-state index in [1.165, 1.54) is 0 Å². The average molecular weight is 165 g/mol. The van der Waals surface area contributed by atoms with E-state index in [4.69, 9.17) is 10.8 Å². The van der Waals surface area contributed by atoms with E-state index < -0.39 is 13.2 Å². The van der Waals surface area contributed by atoms with Gasteiger partial charge in [-0.3, -0.25) is 0 Å². The van der Waals surface area contributed by atoms with Gasteiger partial charge in [0.1, 0.15) is 0 Å². The van der Waals surface area contributed by atoms with Crippen molar-refractivity contribution in [1.82, 2.24) is 0 Å². The number of primary amides is 1. The molecular formula is C7H8BNO3. The van der Waals surface area contributed by atoms with Crippen LogP contribution in [0.3, 0.4) is 0 Å². The van der Waals surface area contributed by atoms with E-state index in [1.54, 1.807) is 30.3 Å². The number of amides is 1. The lowest BCUT2D eigenvalue weighted by atomic mass is 9.80. The molecule has 1 amide bonds. The molecule has 0 unspecified atom stereocenters. The van der Waals surface area contributed by atoms with E-state index in [1.807, 2.05) is 0 Å². The van der Waals surface area contributed by atoms with E-state index >= 15 is 0 Å². The van der Waals surface area contributed by atoms with Crippen LogP contribution in [0.4, 0.5) is 4.79 Å². The first-order valence-electron chi connectivity index (χ1n) is 3.39. The third-order valence-electron chi connectivity index (χ3n) is 1.31. The van der Waals surface area contributed by atoms with Crippen LogP contribution in [-0.4, -0.2) is 18.2 Å². The third kappa shape index (κ3) is 2.28. The number of rotatable bonds is 2. The topological polar surface area (TPSA) is 72.6 Å². The van der Waals surface area contributed by atoms with Crippen LogP contribution in [0.15, 0.2) is 30.3 Å². The maximum atomic E-state index is 10.2. The van der Waals surface area contributed by atoms with Crippen molar-refractivity contribution < 1.29 is 14.5 Å². The highest BCUT2D eigenvalue weighted by Gasteiger charge is 2.19. The van der Waals surface area contributed by atoms with E-state index in [0.29, 0.717) is 5.46 Å². The Labute approximate surface area is 70.1 Å². The van der Waals surface area contributed by atoms with Crippen molar-refractivity contribution in [3.8, 4) is 0 Å². The maximum absolute atomic E-state index is 10.2. The summed E-state index contributed by atoms with van der Waals surface area (Å²) in [6.45, 7) is 0. The van der Waals surface area contributed by atoms with E-state index in [-0.39, 0.29) is 0 Å². The molecule has 0 aromatic heterocycles. The summed E-state index contributed by atoms with van der Waals surface area (Å²) < 4.78 is 4.33. The van der Waals surface area contributed by atoms with Gasteiger partial charge in [0.2, 0.25) is 0 Å². The summed E-state index contributed by atoms with van der Waals surface area (Å²) in [5, 5.41) is 9.17. The first-order valence-corrected chi connectivity index (χ1v) is 3.39. The van der Waals surface area contributed by atoms with Gasteiger partial charge in [-0.15, -0.1) is 0 Å². The molecule has 0 heterocycles. The van der Waals surface area contributed by atoms with Gasteiger partial charge < -0.3 is 15.4 Å². The molecular weight excluding hydrogens is 157 g/mol. The molecule has 0 aliphatic heterocycles. The molecule has 0 saturated heterocycles. The number of carbonyl (C=O) groups is 1. The Balaban J connectivity index is 2.65. The zero-order valence-electron chi connectivity index (χ0n) is 6.31. The average Bonchev–Trinajstić information content (AvgIpc) is 2.05. The van der Waals surface area contributed by atoms with Crippen LogP contribution >= 0.6 is 0 Å². The minimum atomic E-state index is -1.27. The van der Waals surface area contributed by atoms with Crippen molar-refractivity contribution in [2.75, 3.05) is 0 Å². The van der Waals surface area contributed by atoms with E-state index in [0.717, 1.165) is 0 Å². The smallest absolute Gasteiger partial charge is 0.489 e. The highest BCUT2D eigenvalue weighted by molar-refractivity contribution is 6.61. The van der Waals surface area contributed by atoms with Gasteiger partial charge in [-0.1, -0.05) is 30.3 Å². The van der Waals surface area contributed by atoms with Gasteiger partial charge in [-0.25, -0.2) is 4.79 Å². The number of benzene rings is 1. The Hall–Kier alpha value is -1.49. The molecule has 1 aromatic rings. The fourth-order valence-electron chi connectivity index (χ4n) is 0.796. The Bertz CT molecular complexity index is 265. The molecule has 0 bridgehead atoms.